The van der Waals surface area contributed by atoms with Gasteiger partial charge in [-0.05, 0) is 54.4 Å². The molecule has 28 heavy (non-hydrogen) atoms. The molecule has 1 heterocycles. The monoisotopic (exact) mass is 387 g/mol. The zero-order valence-corrected chi connectivity index (χ0v) is 16.7. The second-order valence-electron chi connectivity index (χ2n) is 6.60. The molecule has 0 unspecified atom stereocenters. The van der Waals surface area contributed by atoms with E-state index in [2.05, 4.69) is 58.1 Å². The third kappa shape index (κ3) is 4.21. The van der Waals surface area contributed by atoms with Crippen LogP contribution in [0.25, 0.3) is 10.2 Å². The summed E-state index contributed by atoms with van der Waals surface area (Å²) in [7, 11) is 2.01. The molecule has 4 nitrogen and oxygen atoms in total. The summed E-state index contributed by atoms with van der Waals surface area (Å²) in [6.45, 7) is 2.64. The first kappa shape index (κ1) is 18.2. The van der Waals surface area contributed by atoms with Gasteiger partial charge in [0.1, 0.15) is 12.4 Å². The normalized spacial score (nSPS) is 12.1. The molecule has 0 aliphatic rings. The maximum atomic E-state index is 5.84. The van der Waals surface area contributed by atoms with Crippen molar-refractivity contribution in [2.45, 2.75) is 13.5 Å². The Bertz CT molecular complexity index is 1170. The second-order valence-corrected chi connectivity index (χ2v) is 7.61. The number of hydrogen-bond donors (Lipinski definition) is 0. The van der Waals surface area contributed by atoms with E-state index in [0.29, 0.717) is 6.61 Å². The lowest BCUT2D eigenvalue weighted by atomic mass is 10.2. The molecule has 0 spiro atoms. The first-order chi connectivity index (χ1) is 13.7. The zero-order chi connectivity index (χ0) is 19.3. The van der Waals surface area contributed by atoms with Crippen LogP contribution >= 0.6 is 11.3 Å². The Balaban J connectivity index is 1.42. The molecular formula is C23H21N3OS. The summed E-state index contributed by atoms with van der Waals surface area (Å²) in [5.74, 6) is 0.838. The summed E-state index contributed by atoms with van der Waals surface area (Å²) in [4.78, 5) is 0.871. The zero-order valence-electron chi connectivity index (χ0n) is 15.9. The quantitative estimate of drug-likeness (QED) is 0.348. The predicted molar refractivity (Wildman–Crippen MR) is 116 cm³/mol. The van der Waals surface area contributed by atoms with Gasteiger partial charge in [0.2, 0.25) is 4.80 Å². The van der Waals surface area contributed by atoms with Crippen molar-refractivity contribution in [3.63, 3.8) is 0 Å². The van der Waals surface area contributed by atoms with Gasteiger partial charge in [-0.2, -0.15) is 5.10 Å². The number of para-hydroxylation sites is 1. The van der Waals surface area contributed by atoms with Gasteiger partial charge < -0.3 is 9.30 Å². The largest absolute Gasteiger partial charge is 0.489 e. The average Bonchev–Trinajstić information content (AvgIpc) is 3.04. The fourth-order valence-corrected chi connectivity index (χ4v) is 3.80. The first-order valence-corrected chi connectivity index (χ1v) is 9.91. The van der Waals surface area contributed by atoms with E-state index in [1.165, 1.54) is 10.3 Å². The van der Waals surface area contributed by atoms with Gasteiger partial charge in [0.05, 0.1) is 16.4 Å². The number of aryl methyl sites for hydroxylation is 2. The maximum Gasteiger partial charge on any atom is 0.211 e. The van der Waals surface area contributed by atoms with Crippen LogP contribution in [0.5, 0.6) is 5.75 Å². The third-order valence-electron chi connectivity index (χ3n) is 4.47. The van der Waals surface area contributed by atoms with Gasteiger partial charge in [0.25, 0.3) is 0 Å². The van der Waals surface area contributed by atoms with Crippen molar-refractivity contribution in [1.29, 1.82) is 0 Å². The van der Waals surface area contributed by atoms with Crippen LogP contribution in [-0.4, -0.2) is 10.8 Å². The number of benzene rings is 3. The van der Waals surface area contributed by atoms with Crippen LogP contribution in [0.4, 0.5) is 0 Å². The van der Waals surface area contributed by atoms with Crippen LogP contribution in [0.3, 0.4) is 0 Å². The lowest BCUT2D eigenvalue weighted by Gasteiger charge is -2.06. The first-order valence-electron chi connectivity index (χ1n) is 9.09. The van der Waals surface area contributed by atoms with Gasteiger partial charge in [-0.3, -0.25) is 0 Å². The van der Waals surface area contributed by atoms with Crippen LogP contribution in [-0.2, 0) is 13.7 Å². The van der Waals surface area contributed by atoms with Crippen molar-refractivity contribution < 1.29 is 4.74 Å². The number of fused-ring (bicyclic) bond motifs is 1. The number of nitrogens with zero attached hydrogens (tertiary/aromatic N) is 3. The summed E-state index contributed by atoms with van der Waals surface area (Å²) in [5, 5.41) is 8.61. The smallest absolute Gasteiger partial charge is 0.211 e. The average molecular weight is 388 g/mol. The van der Waals surface area contributed by atoms with Crippen LogP contribution in [0.1, 0.15) is 16.7 Å². The van der Waals surface area contributed by atoms with E-state index < -0.39 is 0 Å². The second kappa shape index (κ2) is 8.23. The Kier molecular flexibility index (Phi) is 5.35. The lowest BCUT2D eigenvalue weighted by Crippen LogP contribution is -2.08. The molecule has 0 atom stereocenters. The standard InChI is InChI=1S/C23H21N3OS/c1-17-7-9-19(10-8-17)16-27-20-13-11-18(12-14-20)15-24-25-23-26(2)21-5-3-4-6-22(21)28-23/h3-15H,16H2,1-2H3. The van der Waals surface area contributed by atoms with Gasteiger partial charge >= 0.3 is 0 Å². The van der Waals surface area contributed by atoms with Crippen LogP contribution in [0, 0.1) is 6.92 Å². The van der Waals surface area contributed by atoms with E-state index in [1.807, 2.05) is 43.4 Å². The predicted octanol–water partition coefficient (Wildman–Crippen LogP) is 5.06. The van der Waals surface area contributed by atoms with Crippen molar-refractivity contribution >= 4 is 27.8 Å². The molecule has 5 heteroatoms. The maximum absolute atomic E-state index is 5.84. The lowest BCUT2D eigenvalue weighted by molar-refractivity contribution is 0.306. The molecule has 0 N–H and O–H groups in total. The van der Waals surface area contributed by atoms with Gasteiger partial charge in [0, 0.05) is 7.05 Å². The minimum Gasteiger partial charge on any atom is -0.489 e. The number of hydrogen-bond acceptors (Lipinski definition) is 4. The molecule has 0 bridgehead atoms. The number of ether oxygens (including phenoxy) is 1. The van der Waals surface area contributed by atoms with E-state index >= 15 is 0 Å². The van der Waals surface area contributed by atoms with E-state index in [9.17, 15) is 0 Å². The SMILES string of the molecule is Cc1ccc(COc2ccc(C=NN=c3sc4ccccc4n3C)cc2)cc1. The van der Waals surface area contributed by atoms with Crippen molar-refractivity contribution in [2.24, 2.45) is 17.3 Å². The molecule has 0 saturated carbocycles. The Morgan fingerprint density at radius 2 is 1.71 bits per heavy atom. The molecule has 4 rings (SSSR count). The van der Waals surface area contributed by atoms with Crippen molar-refractivity contribution in [3.05, 3.63) is 94.3 Å². The molecule has 4 aromatic rings. The Hall–Kier alpha value is -3.18. The van der Waals surface area contributed by atoms with E-state index in [0.717, 1.165) is 27.2 Å². The van der Waals surface area contributed by atoms with Crippen LogP contribution in [0.2, 0.25) is 0 Å². The fraction of sp³-hybridized carbons (Fsp3) is 0.130. The number of rotatable bonds is 5. The van der Waals surface area contributed by atoms with Gasteiger partial charge in [-0.25, -0.2) is 0 Å². The van der Waals surface area contributed by atoms with Crippen molar-refractivity contribution in [1.82, 2.24) is 4.57 Å². The highest BCUT2D eigenvalue weighted by Gasteiger charge is 2.00. The van der Waals surface area contributed by atoms with Crippen LogP contribution in [0.15, 0.2) is 83.0 Å². The molecule has 0 saturated heterocycles. The molecule has 0 radical (unpaired) electrons. The molecule has 0 aliphatic heterocycles. The van der Waals surface area contributed by atoms with Crippen molar-refractivity contribution in [3.8, 4) is 5.75 Å². The summed E-state index contributed by atoms with van der Waals surface area (Å²) in [5.41, 5.74) is 4.56. The van der Waals surface area contributed by atoms with Crippen molar-refractivity contribution in [2.75, 3.05) is 0 Å². The minimum absolute atomic E-state index is 0.561. The molecule has 3 aromatic carbocycles. The molecule has 0 aliphatic carbocycles. The molecule has 140 valence electrons. The molecular weight excluding hydrogens is 366 g/mol. The molecule has 0 amide bonds. The highest BCUT2D eigenvalue weighted by Crippen LogP contribution is 2.16. The Labute approximate surface area is 168 Å². The topological polar surface area (TPSA) is 38.9 Å². The molecule has 1 aromatic heterocycles. The van der Waals surface area contributed by atoms with Gasteiger partial charge in [-0.1, -0.05) is 53.3 Å². The summed E-state index contributed by atoms with van der Waals surface area (Å²) >= 11 is 1.63. The summed E-state index contributed by atoms with van der Waals surface area (Å²) in [6.07, 6.45) is 1.76. The van der Waals surface area contributed by atoms with Crippen LogP contribution < -0.4 is 9.54 Å². The highest BCUT2D eigenvalue weighted by molar-refractivity contribution is 7.16. The molecule has 0 fully saturated rings. The minimum atomic E-state index is 0.561. The van der Waals surface area contributed by atoms with E-state index in [-0.39, 0.29) is 0 Å². The fourth-order valence-electron chi connectivity index (χ4n) is 2.82. The Morgan fingerprint density at radius 1 is 0.964 bits per heavy atom. The van der Waals surface area contributed by atoms with Gasteiger partial charge in [-0.15, -0.1) is 5.10 Å². The highest BCUT2D eigenvalue weighted by atomic mass is 32.1. The summed E-state index contributed by atoms with van der Waals surface area (Å²) < 4.78 is 9.10. The number of aromatic nitrogens is 1. The number of thiazole rings is 1. The van der Waals surface area contributed by atoms with E-state index in [1.54, 1.807) is 17.6 Å². The van der Waals surface area contributed by atoms with E-state index in [4.69, 9.17) is 4.74 Å². The van der Waals surface area contributed by atoms with Gasteiger partial charge in [0.15, 0.2) is 0 Å². The summed E-state index contributed by atoms with van der Waals surface area (Å²) in [6, 6.07) is 24.5. The Morgan fingerprint density at radius 3 is 2.46 bits per heavy atom. The third-order valence-corrected chi connectivity index (χ3v) is 5.57.